The zero-order chi connectivity index (χ0) is 29.6. The molecule has 1 aliphatic carbocycles. The molecular formula is C36H39BO4. The third-order valence-electron chi connectivity index (χ3n) is 8.36. The Morgan fingerprint density at radius 1 is 0.780 bits per heavy atom. The molecule has 0 spiro atoms. The van der Waals surface area contributed by atoms with Gasteiger partial charge in [-0.3, -0.25) is 4.79 Å². The van der Waals surface area contributed by atoms with Crippen LogP contribution in [0.5, 0.6) is 17.2 Å². The van der Waals surface area contributed by atoms with Crippen LogP contribution < -0.4 is 20.4 Å². The van der Waals surface area contributed by atoms with Crippen LogP contribution in [0.2, 0.25) is 0 Å². The first-order valence-electron chi connectivity index (χ1n) is 14.5. The van der Waals surface area contributed by atoms with Crippen molar-refractivity contribution in [2.45, 2.75) is 59.3 Å². The number of ether oxygens (including phenoxy) is 2. The maximum Gasteiger partial charge on any atom is 0.243 e. The van der Waals surface area contributed by atoms with Gasteiger partial charge in [0.2, 0.25) is 6.71 Å². The average Bonchev–Trinajstić information content (AvgIpc) is 2.94. The van der Waals surface area contributed by atoms with Crippen LogP contribution in [-0.2, 0) is 4.79 Å². The number of rotatable bonds is 7. The lowest BCUT2D eigenvalue weighted by Gasteiger charge is -2.36. The first kappa shape index (κ1) is 28.5. The molecule has 0 unspecified atom stereocenters. The van der Waals surface area contributed by atoms with Crippen LogP contribution >= 0.6 is 0 Å². The predicted molar refractivity (Wildman–Crippen MR) is 170 cm³/mol. The Morgan fingerprint density at radius 2 is 1.39 bits per heavy atom. The normalized spacial score (nSPS) is 14.6. The minimum absolute atomic E-state index is 0.0420. The third kappa shape index (κ3) is 4.92. The number of ketones is 1. The summed E-state index contributed by atoms with van der Waals surface area (Å²) in [4.78, 5) is 13.1. The van der Waals surface area contributed by atoms with E-state index in [-0.39, 0.29) is 30.1 Å². The monoisotopic (exact) mass is 546 g/mol. The van der Waals surface area contributed by atoms with Crippen molar-refractivity contribution in [3.63, 3.8) is 0 Å². The molecule has 3 aromatic carbocycles. The zero-order valence-electron chi connectivity index (χ0n) is 25.3. The predicted octanol–water partition coefficient (Wildman–Crippen LogP) is 6.81. The second kappa shape index (κ2) is 11.1. The summed E-state index contributed by atoms with van der Waals surface area (Å²) in [6.07, 6.45) is 5.35. The Morgan fingerprint density at radius 3 is 1.93 bits per heavy atom. The molecule has 5 rings (SSSR count). The molecule has 0 bridgehead atoms. The highest BCUT2D eigenvalue weighted by Crippen LogP contribution is 2.45. The summed E-state index contributed by atoms with van der Waals surface area (Å²) in [6, 6.07) is 16.1. The number of aromatic hydroxyl groups is 1. The van der Waals surface area contributed by atoms with Crippen LogP contribution in [0.25, 0.3) is 5.57 Å². The van der Waals surface area contributed by atoms with Crippen LogP contribution in [0, 0.1) is 0 Å². The lowest BCUT2D eigenvalue weighted by atomic mass is 9.30. The van der Waals surface area contributed by atoms with Crippen molar-refractivity contribution in [2.75, 3.05) is 14.2 Å². The van der Waals surface area contributed by atoms with Crippen molar-refractivity contribution < 1.29 is 19.4 Å². The second-order valence-corrected chi connectivity index (χ2v) is 11.9. The van der Waals surface area contributed by atoms with Gasteiger partial charge in [0.1, 0.15) is 17.2 Å². The summed E-state index contributed by atoms with van der Waals surface area (Å²) in [5.41, 5.74) is 10.7. The van der Waals surface area contributed by atoms with Gasteiger partial charge in [-0.1, -0.05) is 88.3 Å². The fraction of sp³-hybridized carbons (Fsp3) is 0.306. The zero-order valence-corrected chi connectivity index (χ0v) is 25.3. The van der Waals surface area contributed by atoms with Gasteiger partial charge in [0, 0.05) is 5.57 Å². The SMILES string of the molecule is COc1cccc(OC)c1C1=C2C=CC(=O)C=C2B(c2c(C(C)C)cc(C(C)C)cc2C(C)C)c2cc(O)ccc21. The Balaban J connectivity index is 1.95. The van der Waals surface area contributed by atoms with E-state index in [1.165, 1.54) is 22.2 Å². The van der Waals surface area contributed by atoms with Gasteiger partial charge in [0.25, 0.3) is 0 Å². The Labute approximate surface area is 244 Å². The van der Waals surface area contributed by atoms with Crippen LogP contribution in [0.4, 0.5) is 0 Å². The summed E-state index contributed by atoms with van der Waals surface area (Å²) in [7, 11) is 3.31. The molecule has 3 aromatic rings. The topological polar surface area (TPSA) is 55.8 Å². The molecule has 0 saturated carbocycles. The fourth-order valence-electron chi connectivity index (χ4n) is 6.36. The maximum absolute atomic E-state index is 13.1. The van der Waals surface area contributed by atoms with Gasteiger partial charge >= 0.3 is 0 Å². The van der Waals surface area contributed by atoms with Crippen molar-refractivity contribution in [3.8, 4) is 17.2 Å². The molecule has 0 fully saturated rings. The molecule has 1 heterocycles. The van der Waals surface area contributed by atoms with Crippen molar-refractivity contribution in [1.82, 2.24) is 0 Å². The summed E-state index contributed by atoms with van der Waals surface area (Å²) in [5, 5.41) is 10.9. The van der Waals surface area contributed by atoms with Crippen molar-refractivity contribution in [3.05, 3.63) is 106 Å². The van der Waals surface area contributed by atoms with Crippen LogP contribution in [0.3, 0.4) is 0 Å². The molecule has 2 aliphatic rings. The molecule has 0 atom stereocenters. The first-order valence-corrected chi connectivity index (χ1v) is 14.5. The average molecular weight is 547 g/mol. The summed E-state index contributed by atoms with van der Waals surface area (Å²) in [6.45, 7) is 13.2. The molecule has 0 aromatic heterocycles. The Bertz CT molecular complexity index is 1570. The van der Waals surface area contributed by atoms with E-state index in [1.54, 1.807) is 32.4 Å². The Hall–Kier alpha value is -3.99. The lowest BCUT2D eigenvalue weighted by Crippen LogP contribution is -2.52. The van der Waals surface area contributed by atoms with E-state index in [9.17, 15) is 9.90 Å². The number of fused-ring (bicyclic) bond motifs is 2. The van der Waals surface area contributed by atoms with Crippen LogP contribution in [0.15, 0.2) is 77.8 Å². The molecule has 4 nitrogen and oxygen atoms in total. The van der Waals surface area contributed by atoms with Gasteiger partial charge in [0.05, 0.1) is 19.8 Å². The number of carbonyl (C=O) groups is 1. The van der Waals surface area contributed by atoms with E-state index in [0.717, 1.165) is 33.2 Å². The van der Waals surface area contributed by atoms with Gasteiger partial charge in [0.15, 0.2) is 5.78 Å². The van der Waals surface area contributed by atoms with E-state index >= 15 is 0 Å². The van der Waals surface area contributed by atoms with E-state index in [1.807, 2.05) is 36.4 Å². The van der Waals surface area contributed by atoms with Gasteiger partial charge in [-0.05, 0) is 82.0 Å². The summed E-state index contributed by atoms with van der Waals surface area (Å²) in [5.74, 6) is 2.43. The molecule has 210 valence electrons. The molecule has 0 radical (unpaired) electrons. The number of phenolic OH excluding ortho intramolecular Hbond substituents is 1. The van der Waals surface area contributed by atoms with Crippen molar-refractivity contribution in [2.24, 2.45) is 0 Å². The second-order valence-electron chi connectivity index (χ2n) is 11.9. The van der Waals surface area contributed by atoms with Crippen molar-refractivity contribution >= 4 is 29.0 Å². The number of hydrogen-bond donors (Lipinski definition) is 1. The summed E-state index contributed by atoms with van der Waals surface area (Å²) < 4.78 is 11.7. The van der Waals surface area contributed by atoms with Crippen LogP contribution in [0.1, 0.15) is 87.1 Å². The number of phenols is 1. The highest BCUT2D eigenvalue weighted by atomic mass is 16.5. The van der Waals surface area contributed by atoms with Gasteiger partial charge in [-0.25, -0.2) is 0 Å². The highest BCUT2D eigenvalue weighted by molar-refractivity contribution is 6.93. The first-order chi connectivity index (χ1) is 19.6. The van der Waals surface area contributed by atoms with Gasteiger partial charge in [-0.2, -0.15) is 0 Å². The number of carbonyl (C=O) groups excluding carboxylic acids is 1. The number of methoxy groups -OCH3 is 2. The van der Waals surface area contributed by atoms with E-state index < -0.39 is 0 Å². The molecule has 5 heteroatoms. The number of hydrogen-bond acceptors (Lipinski definition) is 4. The molecular weight excluding hydrogens is 507 g/mol. The minimum atomic E-state index is -0.235. The van der Waals surface area contributed by atoms with E-state index in [2.05, 4.69) is 53.7 Å². The lowest BCUT2D eigenvalue weighted by molar-refractivity contribution is -0.110. The largest absolute Gasteiger partial charge is 0.508 e. The summed E-state index contributed by atoms with van der Waals surface area (Å²) >= 11 is 0. The van der Waals surface area contributed by atoms with Gasteiger partial charge < -0.3 is 14.6 Å². The standard InChI is InChI=1S/C36H39BO4/c1-20(2)23-16-28(21(3)4)36(29(17-23)22(5)6)37-30-18-24(38)12-14-26(30)34(27-15-13-25(39)19-31(27)37)35-32(40-7)10-9-11-33(35)41-8/h9-22,38H,1-8H3. The highest BCUT2D eigenvalue weighted by Gasteiger charge is 2.40. The maximum atomic E-state index is 13.1. The number of allylic oxidation sites excluding steroid dienone is 5. The smallest absolute Gasteiger partial charge is 0.243 e. The van der Waals surface area contributed by atoms with E-state index in [0.29, 0.717) is 17.4 Å². The minimum Gasteiger partial charge on any atom is -0.508 e. The van der Waals surface area contributed by atoms with E-state index in [4.69, 9.17) is 9.47 Å². The quantitative estimate of drug-likeness (QED) is 0.331. The molecule has 0 saturated heterocycles. The molecule has 1 aliphatic heterocycles. The molecule has 1 N–H and O–H groups in total. The molecule has 0 amide bonds. The van der Waals surface area contributed by atoms with Crippen LogP contribution in [-0.4, -0.2) is 31.8 Å². The van der Waals surface area contributed by atoms with Gasteiger partial charge in [-0.15, -0.1) is 0 Å². The molecule has 41 heavy (non-hydrogen) atoms. The third-order valence-corrected chi connectivity index (χ3v) is 8.36. The van der Waals surface area contributed by atoms with Crippen molar-refractivity contribution in [1.29, 1.82) is 0 Å². The fourth-order valence-corrected chi connectivity index (χ4v) is 6.36. The Kier molecular flexibility index (Phi) is 7.74. The number of benzene rings is 3.